The number of halogens is 2. The van der Waals surface area contributed by atoms with Crippen LogP contribution < -0.4 is 5.56 Å². The van der Waals surface area contributed by atoms with Gasteiger partial charge in [-0.05, 0) is 29.1 Å². The van der Waals surface area contributed by atoms with Crippen LogP contribution in [0.1, 0.15) is 5.56 Å². The Labute approximate surface area is 116 Å². The van der Waals surface area contributed by atoms with Crippen molar-refractivity contribution in [3.63, 3.8) is 0 Å². The third-order valence-corrected chi connectivity index (χ3v) is 4.04. The fraction of sp³-hybridized carbons (Fsp3) is 0.0769. The molecule has 1 aromatic carbocycles. The lowest BCUT2D eigenvalue weighted by molar-refractivity contribution is 0.626. The van der Waals surface area contributed by atoms with Crippen LogP contribution in [-0.4, -0.2) is 9.55 Å². The van der Waals surface area contributed by atoms with Crippen LogP contribution in [0.2, 0.25) is 5.02 Å². The first kappa shape index (κ1) is 12.3. The Balaban J connectivity index is 2.05. The Morgan fingerprint density at radius 2 is 2.21 bits per heavy atom. The lowest BCUT2D eigenvalue weighted by Gasteiger charge is -2.07. The van der Waals surface area contributed by atoms with Crippen molar-refractivity contribution >= 4 is 33.2 Å². The number of hydrogen-bond acceptors (Lipinski definition) is 3. The second kappa shape index (κ2) is 4.75. The number of thiophene rings is 1. The molecule has 19 heavy (non-hydrogen) atoms. The van der Waals surface area contributed by atoms with E-state index in [2.05, 4.69) is 4.98 Å². The molecule has 0 N–H and O–H groups in total. The van der Waals surface area contributed by atoms with E-state index in [1.165, 1.54) is 34.4 Å². The van der Waals surface area contributed by atoms with E-state index in [4.69, 9.17) is 11.6 Å². The molecule has 0 saturated carbocycles. The van der Waals surface area contributed by atoms with Crippen molar-refractivity contribution in [3.8, 4) is 0 Å². The summed E-state index contributed by atoms with van der Waals surface area (Å²) in [4.78, 5) is 16.4. The molecule has 0 bridgehead atoms. The van der Waals surface area contributed by atoms with Gasteiger partial charge in [-0.3, -0.25) is 9.36 Å². The normalized spacial score (nSPS) is 11.1. The summed E-state index contributed by atoms with van der Waals surface area (Å²) in [7, 11) is 0. The maximum Gasteiger partial charge on any atom is 0.271 e. The minimum Gasteiger partial charge on any atom is -0.293 e. The SMILES string of the molecule is O=c1c2sccc2ncn1Cc1ccc(F)cc1Cl. The van der Waals surface area contributed by atoms with E-state index in [-0.39, 0.29) is 12.1 Å². The molecule has 2 heterocycles. The molecule has 6 heteroatoms. The van der Waals surface area contributed by atoms with E-state index >= 15 is 0 Å². The molecule has 0 spiro atoms. The predicted octanol–water partition coefficient (Wildman–Crippen LogP) is 3.30. The summed E-state index contributed by atoms with van der Waals surface area (Å²) in [6.07, 6.45) is 1.48. The largest absolute Gasteiger partial charge is 0.293 e. The number of nitrogens with zero attached hydrogens (tertiary/aromatic N) is 2. The first-order chi connectivity index (χ1) is 9.15. The van der Waals surface area contributed by atoms with Crippen LogP contribution in [0, 0.1) is 5.82 Å². The van der Waals surface area contributed by atoms with Crippen molar-refractivity contribution in [1.29, 1.82) is 0 Å². The summed E-state index contributed by atoms with van der Waals surface area (Å²) in [5.74, 6) is -0.395. The summed E-state index contributed by atoms with van der Waals surface area (Å²) in [5, 5.41) is 2.13. The Kier molecular flexibility index (Phi) is 3.08. The summed E-state index contributed by atoms with van der Waals surface area (Å²) in [5.41, 5.74) is 1.26. The van der Waals surface area contributed by atoms with Gasteiger partial charge in [-0.1, -0.05) is 17.7 Å². The summed E-state index contributed by atoms with van der Waals surface area (Å²) in [6.45, 7) is 0.277. The van der Waals surface area contributed by atoms with E-state index in [1.54, 1.807) is 12.1 Å². The molecule has 96 valence electrons. The summed E-state index contributed by atoms with van der Waals surface area (Å²) in [6, 6.07) is 5.93. The fourth-order valence-electron chi connectivity index (χ4n) is 1.83. The third kappa shape index (κ3) is 2.27. The Bertz CT molecular complexity index is 812. The summed E-state index contributed by atoms with van der Waals surface area (Å²) >= 11 is 7.31. The van der Waals surface area contributed by atoms with Crippen LogP contribution >= 0.6 is 22.9 Å². The maximum atomic E-state index is 13.0. The van der Waals surface area contributed by atoms with E-state index in [0.29, 0.717) is 20.8 Å². The lowest BCUT2D eigenvalue weighted by Crippen LogP contribution is -2.20. The van der Waals surface area contributed by atoms with Gasteiger partial charge in [0.25, 0.3) is 5.56 Å². The first-order valence-electron chi connectivity index (χ1n) is 5.52. The number of rotatable bonds is 2. The van der Waals surface area contributed by atoms with E-state index in [9.17, 15) is 9.18 Å². The van der Waals surface area contributed by atoms with Crippen LogP contribution in [0.5, 0.6) is 0 Å². The number of fused-ring (bicyclic) bond motifs is 1. The van der Waals surface area contributed by atoms with Gasteiger partial charge in [-0.15, -0.1) is 11.3 Å². The molecule has 0 fully saturated rings. The molecule has 0 aliphatic carbocycles. The van der Waals surface area contributed by atoms with Crippen molar-refractivity contribution in [1.82, 2.24) is 9.55 Å². The molecular weight excluding hydrogens is 287 g/mol. The van der Waals surface area contributed by atoms with Gasteiger partial charge in [0.1, 0.15) is 10.5 Å². The highest BCUT2D eigenvalue weighted by atomic mass is 35.5. The van der Waals surface area contributed by atoms with Crippen molar-refractivity contribution in [2.45, 2.75) is 6.54 Å². The zero-order valence-corrected chi connectivity index (χ0v) is 11.2. The van der Waals surface area contributed by atoms with Crippen LogP contribution in [-0.2, 0) is 6.54 Å². The molecular formula is C13H8ClFN2OS. The minimum atomic E-state index is -0.395. The molecule has 0 amide bonds. The molecule has 0 radical (unpaired) electrons. The maximum absolute atomic E-state index is 13.0. The van der Waals surface area contributed by atoms with Crippen LogP contribution in [0.4, 0.5) is 4.39 Å². The standard InChI is InChI=1S/C13H8ClFN2OS/c14-10-5-9(15)2-1-8(10)6-17-7-16-11-3-4-19-12(11)13(17)18/h1-5,7H,6H2. The van der Waals surface area contributed by atoms with Gasteiger partial charge in [0.15, 0.2) is 0 Å². The van der Waals surface area contributed by atoms with Gasteiger partial charge in [0, 0.05) is 5.02 Å². The Morgan fingerprint density at radius 1 is 1.37 bits per heavy atom. The number of hydrogen-bond donors (Lipinski definition) is 0. The minimum absolute atomic E-state index is 0.111. The molecule has 3 aromatic rings. The monoisotopic (exact) mass is 294 g/mol. The van der Waals surface area contributed by atoms with Gasteiger partial charge in [-0.2, -0.15) is 0 Å². The second-order valence-corrected chi connectivity index (χ2v) is 5.37. The zero-order valence-electron chi connectivity index (χ0n) is 9.64. The van der Waals surface area contributed by atoms with Gasteiger partial charge in [0.2, 0.25) is 0 Å². The molecule has 2 aromatic heterocycles. The molecule has 0 aliphatic rings. The van der Waals surface area contributed by atoms with E-state index in [0.717, 1.165) is 0 Å². The van der Waals surface area contributed by atoms with Crippen LogP contribution in [0.15, 0.2) is 40.8 Å². The van der Waals surface area contributed by atoms with Crippen molar-refractivity contribution < 1.29 is 4.39 Å². The van der Waals surface area contributed by atoms with E-state index < -0.39 is 5.82 Å². The smallest absolute Gasteiger partial charge is 0.271 e. The average Bonchev–Trinajstić information content (AvgIpc) is 2.85. The van der Waals surface area contributed by atoms with Gasteiger partial charge in [-0.25, -0.2) is 9.37 Å². The van der Waals surface area contributed by atoms with Gasteiger partial charge >= 0.3 is 0 Å². The quantitative estimate of drug-likeness (QED) is 0.727. The number of aromatic nitrogens is 2. The van der Waals surface area contributed by atoms with Gasteiger partial charge in [0.05, 0.1) is 18.4 Å². The highest BCUT2D eigenvalue weighted by molar-refractivity contribution is 7.17. The highest BCUT2D eigenvalue weighted by Crippen LogP contribution is 2.19. The Hall–Kier alpha value is -1.72. The lowest BCUT2D eigenvalue weighted by atomic mass is 10.2. The van der Waals surface area contributed by atoms with Crippen molar-refractivity contribution in [3.05, 3.63) is 62.7 Å². The topological polar surface area (TPSA) is 34.9 Å². The van der Waals surface area contributed by atoms with Crippen LogP contribution in [0.25, 0.3) is 10.2 Å². The van der Waals surface area contributed by atoms with E-state index in [1.807, 2.05) is 5.38 Å². The van der Waals surface area contributed by atoms with Crippen molar-refractivity contribution in [2.24, 2.45) is 0 Å². The fourth-order valence-corrected chi connectivity index (χ4v) is 2.84. The second-order valence-electron chi connectivity index (χ2n) is 4.05. The van der Waals surface area contributed by atoms with Crippen LogP contribution in [0.3, 0.4) is 0 Å². The van der Waals surface area contributed by atoms with Gasteiger partial charge < -0.3 is 0 Å². The molecule has 3 rings (SSSR count). The number of benzene rings is 1. The molecule has 0 atom stereocenters. The third-order valence-electron chi connectivity index (χ3n) is 2.79. The molecule has 0 unspecified atom stereocenters. The predicted molar refractivity (Wildman–Crippen MR) is 74.4 cm³/mol. The Morgan fingerprint density at radius 3 is 3.00 bits per heavy atom. The molecule has 0 aliphatic heterocycles. The zero-order chi connectivity index (χ0) is 13.4. The molecule has 0 saturated heterocycles. The average molecular weight is 295 g/mol. The molecule has 3 nitrogen and oxygen atoms in total. The summed E-state index contributed by atoms with van der Waals surface area (Å²) < 4.78 is 15.1. The van der Waals surface area contributed by atoms with Crippen molar-refractivity contribution in [2.75, 3.05) is 0 Å². The highest BCUT2D eigenvalue weighted by Gasteiger charge is 2.08. The first-order valence-corrected chi connectivity index (χ1v) is 6.77.